The van der Waals surface area contributed by atoms with Crippen molar-refractivity contribution in [2.45, 2.75) is 52.0 Å². The summed E-state index contributed by atoms with van der Waals surface area (Å²) < 4.78 is 4.95. The van der Waals surface area contributed by atoms with Gasteiger partial charge in [-0.15, -0.1) is 0 Å². The zero-order valence-corrected chi connectivity index (χ0v) is 15.2. The van der Waals surface area contributed by atoms with Crippen molar-refractivity contribution in [1.29, 1.82) is 0 Å². The fourth-order valence-electron chi connectivity index (χ4n) is 3.62. The molecule has 8 nitrogen and oxygen atoms in total. The van der Waals surface area contributed by atoms with Crippen LogP contribution < -0.4 is 5.32 Å². The molecule has 1 aliphatic carbocycles. The summed E-state index contributed by atoms with van der Waals surface area (Å²) in [7, 11) is 0. The smallest absolute Gasteiger partial charge is 0.326 e. The molecule has 0 aromatic rings. The summed E-state index contributed by atoms with van der Waals surface area (Å²) in [4.78, 5) is 51.2. The number of esters is 1. The van der Waals surface area contributed by atoms with E-state index >= 15 is 0 Å². The number of hydrogen-bond donors (Lipinski definition) is 1. The minimum atomic E-state index is -0.896. The molecule has 1 saturated carbocycles. The zero-order valence-electron chi connectivity index (χ0n) is 15.2. The van der Waals surface area contributed by atoms with E-state index in [1.807, 2.05) is 20.8 Å². The number of imide groups is 1. The normalized spacial score (nSPS) is 25.9. The number of ether oxygens (including phenoxy) is 1. The summed E-state index contributed by atoms with van der Waals surface area (Å²) >= 11 is 0. The number of urea groups is 1. The van der Waals surface area contributed by atoms with Gasteiger partial charge in [0.2, 0.25) is 0 Å². The first-order chi connectivity index (χ1) is 11.9. The molecule has 1 spiro atoms. The molecule has 1 heterocycles. The average Bonchev–Trinajstić information content (AvgIpc) is 2.82. The van der Waals surface area contributed by atoms with Crippen molar-refractivity contribution in [2.75, 3.05) is 26.2 Å². The lowest BCUT2D eigenvalue weighted by atomic mass is 9.73. The van der Waals surface area contributed by atoms with Crippen LogP contribution in [0.3, 0.4) is 0 Å². The molecule has 0 radical (unpaired) electrons. The molecule has 1 N–H and O–H groups in total. The molecule has 2 rings (SSSR count). The van der Waals surface area contributed by atoms with Gasteiger partial charge >= 0.3 is 12.0 Å². The Bertz CT molecular complexity index is 560. The van der Waals surface area contributed by atoms with Gasteiger partial charge in [0.05, 0.1) is 0 Å². The van der Waals surface area contributed by atoms with Crippen LogP contribution in [0.2, 0.25) is 0 Å². The fraction of sp³-hybridized carbons (Fsp3) is 0.765. The van der Waals surface area contributed by atoms with E-state index in [0.717, 1.165) is 24.2 Å². The molecule has 2 fully saturated rings. The molecule has 0 bridgehead atoms. The topological polar surface area (TPSA) is 96.0 Å². The molecule has 0 aromatic carbocycles. The van der Waals surface area contributed by atoms with Gasteiger partial charge in [0.1, 0.15) is 12.1 Å². The van der Waals surface area contributed by atoms with Gasteiger partial charge in [-0.1, -0.05) is 19.8 Å². The van der Waals surface area contributed by atoms with Crippen molar-refractivity contribution in [1.82, 2.24) is 15.1 Å². The number of nitrogens with zero attached hydrogens (tertiary/aromatic N) is 2. The molecule has 1 saturated heterocycles. The van der Waals surface area contributed by atoms with Gasteiger partial charge in [0, 0.05) is 13.1 Å². The van der Waals surface area contributed by atoms with Gasteiger partial charge in [0.25, 0.3) is 11.8 Å². The predicted octanol–water partition coefficient (Wildman–Crippen LogP) is 0.899. The zero-order chi connectivity index (χ0) is 18.6. The summed E-state index contributed by atoms with van der Waals surface area (Å²) in [5.41, 5.74) is -0.896. The van der Waals surface area contributed by atoms with E-state index in [9.17, 15) is 19.2 Å². The number of carbonyl (C=O) groups is 4. The van der Waals surface area contributed by atoms with Gasteiger partial charge in [-0.2, -0.15) is 0 Å². The van der Waals surface area contributed by atoms with Crippen molar-refractivity contribution in [3.8, 4) is 0 Å². The van der Waals surface area contributed by atoms with Crippen LogP contribution in [0.1, 0.15) is 46.5 Å². The lowest BCUT2D eigenvalue weighted by Gasteiger charge is -2.36. The highest BCUT2D eigenvalue weighted by atomic mass is 16.5. The first kappa shape index (κ1) is 19.2. The number of rotatable bonds is 6. The van der Waals surface area contributed by atoms with Crippen LogP contribution >= 0.6 is 0 Å². The van der Waals surface area contributed by atoms with Crippen molar-refractivity contribution >= 4 is 23.8 Å². The first-order valence-corrected chi connectivity index (χ1v) is 8.93. The lowest BCUT2D eigenvalue weighted by Crippen LogP contribution is -2.54. The largest absolute Gasteiger partial charge is 0.454 e. The third kappa shape index (κ3) is 3.77. The molecule has 25 heavy (non-hydrogen) atoms. The second-order valence-corrected chi connectivity index (χ2v) is 6.67. The Morgan fingerprint density at radius 3 is 2.56 bits per heavy atom. The summed E-state index contributed by atoms with van der Waals surface area (Å²) in [6, 6.07) is -0.564. The monoisotopic (exact) mass is 353 g/mol. The van der Waals surface area contributed by atoms with Crippen molar-refractivity contribution in [3.63, 3.8) is 0 Å². The lowest BCUT2D eigenvalue weighted by molar-refractivity contribution is -0.154. The van der Waals surface area contributed by atoms with E-state index in [0.29, 0.717) is 19.5 Å². The maximum Gasteiger partial charge on any atom is 0.326 e. The molecular weight excluding hydrogens is 326 g/mol. The van der Waals surface area contributed by atoms with Crippen molar-refractivity contribution < 1.29 is 23.9 Å². The van der Waals surface area contributed by atoms with E-state index in [4.69, 9.17) is 4.74 Å². The minimum absolute atomic E-state index is 0.0305. The summed E-state index contributed by atoms with van der Waals surface area (Å²) in [6.07, 6.45) is 3.35. The summed E-state index contributed by atoms with van der Waals surface area (Å²) in [6.45, 7) is 5.82. The summed E-state index contributed by atoms with van der Waals surface area (Å²) in [5.74, 6) is -1.39. The highest BCUT2D eigenvalue weighted by Crippen LogP contribution is 2.38. The van der Waals surface area contributed by atoms with Crippen LogP contribution in [0.25, 0.3) is 0 Å². The number of likely N-dealkylation sites (N-methyl/N-ethyl adjacent to an activating group) is 1. The number of hydrogen-bond acceptors (Lipinski definition) is 5. The second-order valence-electron chi connectivity index (χ2n) is 6.67. The number of amides is 4. The molecular formula is C17H27N3O5. The Labute approximate surface area is 147 Å². The molecule has 8 heteroatoms. The van der Waals surface area contributed by atoms with Crippen LogP contribution in [0, 0.1) is 5.92 Å². The predicted molar refractivity (Wildman–Crippen MR) is 89.5 cm³/mol. The van der Waals surface area contributed by atoms with Gasteiger partial charge in [0.15, 0.2) is 6.61 Å². The van der Waals surface area contributed by atoms with Crippen LogP contribution in [0.5, 0.6) is 0 Å². The molecule has 0 unspecified atom stereocenters. The maximum absolute atomic E-state index is 12.7. The molecule has 0 aromatic heterocycles. The summed E-state index contributed by atoms with van der Waals surface area (Å²) in [5, 5.41) is 2.78. The van der Waals surface area contributed by atoms with Crippen molar-refractivity contribution in [3.05, 3.63) is 0 Å². The van der Waals surface area contributed by atoms with Crippen LogP contribution in [0.4, 0.5) is 4.79 Å². The van der Waals surface area contributed by atoms with Crippen molar-refractivity contribution in [2.24, 2.45) is 5.92 Å². The first-order valence-electron chi connectivity index (χ1n) is 8.93. The quantitative estimate of drug-likeness (QED) is 0.565. The van der Waals surface area contributed by atoms with Crippen LogP contribution in [0.15, 0.2) is 0 Å². The third-order valence-electron chi connectivity index (χ3n) is 5.26. The Hall–Kier alpha value is -2.12. The van der Waals surface area contributed by atoms with Gasteiger partial charge < -0.3 is 15.0 Å². The Morgan fingerprint density at radius 1 is 1.28 bits per heavy atom. The van der Waals surface area contributed by atoms with Crippen LogP contribution in [-0.2, 0) is 19.1 Å². The molecule has 2 aliphatic rings. The molecule has 1 aliphatic heterocycles. The molecule has 140 valence electrons. The molecule has 2 atom stereocenters. The van der Waals surface area contributed by atoms with E-state index in [2.05, 4.69) is 5.32 Å². The highest BCUT2D eigenvalue weighted by Gasteiger charge is 2.55. The third-order valence-corrected chi connectivity index (χ3v) is 5.26. The Kier molecular flexibility index (Phi) is 6.02. The maximum atomic E-state index is 12.7. The van der Waals surface area contributed by atoms with Gasteiger partial charge in [-0.25, -0.2) is 4.79 Å². The van der Waals surface area contributed by atoms with E-state index in [1.54, 1.807) is 4.90 Å². The number of carbonyl (C=O) groups excluding carboxylic acids is 4. The van der Waals surface area contributed by atoms with E-state index in [1.165, 1.54) is 0 Å². The minimum Gasteiger partial charge on any atom is -0.454 e. The molecule has 4 amide bonds. The van der Waals surface area contributed by atoms with E-state index < -0.39 is 24.1 Å². The van der Waals surface area contributed by atoms with Gasteiger partial charge in [-0.05, 0) is 32.6 Å². The Morgan fingerprint density at radius 2 is 1.96 bits per heavy atom. The second kappa shape index (κ2) is 7.84. The highest BCUT2D eigenvalue weighted by molar-refractivity contribution is 6.09. The van der Waals surface area contributed by atoms with Crippen LogP contribution in [-0.4, -0.2) is 65.4 Å². The SMILES string of the molecule is CCN(CC)C(=O)COC(=O)CN1C(=O)N[C@]2(CCCC[C@@H]2C)C1=O. The van der Waals surface area contributed by atoms with Gasteiger partial charge in [-0.3, -0.25) is 19.3 Å². The Balaban J connectivity index is 1.94. The average molecular weight is 353 g/mol. The standard InChI is InChI=1S/C17H27N3O5/c1-4-19(5-2)13(21)11-25-14(22)10-20-15(23)17(18-16(20)24)9-7-6-8-12(17)3/h12H,4-11H2,1-3H3,(H,18,24)/t12-,17-/m0/s1. The van der Waals surface area contributed by atoms with E-state index in [-0.39, 0.29) is 24.3 Å². The number of nitrogens with one attached hydrogen (secondary N) is 1. The fourth-order valence-corrected chi connectivity index (χ4v) is 3.62.